The van der Waals surface area contributed by atoms with Crippen LogP contribution in [0, 0.1) is 11.3 Å². The molecular weight excluding hydrogens is 288 g/mol. The molecule has 0 N–H and O–H groups in total. The number of benzene rings is 1. The standard InChI is InChI=1S/C11H12N2O4S2/c1-16-10-6-8(4-5-11(10)18-2)9(7-12)13-17-19(3,14)15/h4-6H,1-3H3/b13-9+. The summed E-state index contributed by atoms with van der Waals surface area (Å²) in [5.74, 6) is 0.576. The summed E-state index contributed by atoms with van der Waals surface area (Å²) in [7, 11) is -2.23. The molecule has 0 radical (unpaired) electrons. The van der Waals surface area contributed by atoms with Gasteiger partial charge in [-0.05, 0) is 18.4 Å². The van der Waals surface area contributed by atoms with Crippen LogP contribution in [0.25, 0.3) is 0 Å². The highest BCUT2D eigenvalue weighted by Gasteiger charge is 2.10. The van der Waals surface area contributed by atoms with Crippen molar-refractivity contribution in [2.75, 3.05) is 19.6 Å². The van der Waals surface area contributed by atoms with E-state index in [0.717, 1.165) is 11.2 Å². The first kappa shape index (κ1) is 15.3. The lowest BCUT2D eigenvalue weighted by Crippen LogP contribution is -2.03. The highest BCUT2D eigenvalue weighted by Crippen LogP contribution is 2.28. The van der Waals surface area contributed by atoms with E-state index >= 15 is 0 Å². The number of thioether (sulfide) groups is 1. The summed E-state index contributed by atoms with van der Waals surface area (Å²) in [6.07, 6.45) is 2.74. The van der Waals surface area contributed by atoms with Gasteiger partial charge < -0.3 is 4.74 Å². The molecule has 0 heterocycles. The molecule has 0 amide bonds. The molecule has 19 heavy (non-hydrogen) atoms. The minimum Gasteiger partial charge on any atom is -0.496 e. The van der Waals surface area contributed by atoms with Gasteiger partial charge in [0.05, 0.1) is 13.4 Å². The van der Waals surface area contributed by atoms with Crippen molar-refractivity contribution in [3.63, 3.8) is 0 Å². The van der Waals surface area contributed by atoms with Crippen molar-refractivity contribution in [1.29, 1.82) is 5.26 Å². The summed E-state index contributed by atoms with van der Waals surface area (Å²) in [5, 5.41) is 12.3. The van der Waals surface area contributed by atoms with Crippen molar-refractivity contribution in [2.24, 2.45) is 5.16 Å². The molecule has 0 aliphatic carbocycles. The second kappa shape index (κ2) is 6.45. The number of methoxy groups -OCH3 is 1. The number of ether oxygens (including phenoxy) is 1. The van der Waals surface area contributed by atoms with Crippen LogP contribution in [0.1, 0.15) is 5.56 Å². The van der Waals surface area contributed by atoms with E-state index in [4.69, 9.17) is 10.00 Å². The van der Waals surface area contributed by atoms with Gasteiger partial charge in [0.2, 0.25) is 0 Å². The second-order valence-electron chi connectivity index (χ2n) is 3.40. The van der Waals surface area contributed by atoms with Gasteiger partial charge in [-0.3, -0.25) is 4.28 Å². The summed E-state index contributed by atoms with van der Waals surface area (Å²) in [5.41, 5.74) is 0.275. The van der Waals surface area contributed by atoms with Gasteiger partial charge >= 0.3 is 10.1 Å². The average Bonchev–Trinajstić information content (AvgIpc) is 2.37. The fourth-order valence-corrected chi connectivity index (χ4v) is 1.98. The molecule has 0 fully saturated rings. The maximum atomic E-state index is 10.8. The van der Waals surface area contributed by atoms with Gasteiger partial charge in [-0.25, -0.2) is 0 Å². The predicted octanol–water partition coefficient (Wildman–Crippen LogP) is 1.62. The molecule has 0 spiro atoms. The minimum atomic E-state index is -3.74. The summed E-state index contributed by atoms with van der Waals surface area (Å²) >= 11 is 1.49. The Morgan fingerprint density at radius 1 is 1.47 bits per heavy atom. The van der Waals surface area contributed by atoms with E-state index in [9.17, 15) is 8.42 Å². The largest absolute Gasteiger partial charge is 0.496 e. The van der Waals surface area contributed by atoms with Gasteiger partial charge in [-0.1, -0.05) is 11.2 Å². The molecule has 1 rings (SSSR count). The van der Waals surface area contributed by atoms with E-state index < -0.39 is 10.1 Å². The van der Waals surface area contributed by atoms with E-state index in [1.165, 1.54) is 18.9 Å². The first-order valence-electron chi connectivity index (χ1n) is 5.00. The van der Waals surface area contributed by atoms with Crippen molar-refractivity contribution in [3.05, 3.63) is 23.8 Å². The van der Waals surface area contributed by atoms with Crippen LogP contribution in [0.5, 0.6) is 5.75 Å². The van der Waals surface area contributed by atoms with Crippen molar-refractivity contribution in [2.45, 2.75) is 4.90 Å². The smallest absolute Gasteiger partial charge is 0.325 e. The number of nitriles is 1. The van der Waals surface area contributed by atoms with Crippen LogP contribution in [0.15, 0.2) is 28.3 Å². The third-order valence-corrected chi connectivity index (χ3v) is 3.15. The van der Waals surface area contributed by atoms with Crippen LogP contribution in [0.4, 0.5) is 0 Å². The van der Waals surface area contributed by atoms with E-state index in [1.54, 1.807) is 24.3 Å². The zero-order chi connectivity index (χ0) is 14.5. The number of hydrogen-bond acceptors (Lipinski definition) is 7. The topological polar surface area (TPSA) is 88.8 Å². The second-order valence-corrected chi connectivity index (χ2v) is 5.81. The molecule has 102 valence electrons. The average molecular weight is 300 g/mol. The number of oxime groups is 1. The van der Waals surface area contributed by atoms with Gasteiger partial charge in [0, 0.05) is 10.5 Å². The van der Waals surface area contributed by atoms with Crippen molar-refractivity contribution in [1.82, 2.24) is 0 Å². The first-order valence-corrected chi connectivity index (χ1v) is 8.04. The molecule has 0 aliphatic rings. The highest BCUT2D eigenvalue weighted by molar-refractivity contribution is 7.98. The molecule has 1 aromatic rings. The van der Waals surface area contributed by atoms with Crippen LogP contribution < -0.4 is 4.74 Å². The highest BCUT2D eigenvalue weighted by atomic mass is 32.2. The number of hydrogen-bond donors (Lipinski definition) is 0. The Morgan fingerprint density at radius 3 is 2.63 bits per heavy atom. The van der Waals surface area contributed by atoms with Crippen LogP contribution in [-0.2, 0) is 14.4 Å². The summed E-state index contributed by atoms with van der Waals surface area (Å²) in [4.78, 5) is 0.896. The Labute approximate surface area is 116 Å². The molecule has 6 nitrogen and oxygen atoms in total. The molecule has 0 saturated heterocycles. The maximum absolute atomic E-state index is 10.8. The monoisotopic (exact) mass is 300 g/mol. The molecule has 0 aromatic heterocycles. The molecular formula is C11H12N2O4S2. The number of nitrogens with zero attached hydrogens (tertiary/aromatic N) is 2. The lowest BCUT2D eigenvalue weighted by atomic mass is 10.1. The van der Waals surface area contributed by atoms with Gasteiger partial charge in [-0.15, -0.1) is 11.8 Å². The fourth-order valence-electron chi connectivity index (χ4n) is 1.23. The lowest BCUT2D eigenvalue weighted by molar-refractivity contribution is 0.344. The zero-order valence-corrected chi connectivity index (χ0v) is 12.2. The Balaban J connectivity index is 3.17. The molecule has 0 bridgehead atoms. The van der Waals surface area contributed by atoms with Crippen LogP contribution in [0.3, 0.4) is 0 Å². The van der Waals surface area contributed by atoms with Crippen LogP contribution >= 0.6 is 11.8 Å². The molecule has 0 aliphatic heterocycles. The van der Waals surface area contributed by atoms with Gasteiger partial charge in [0.15, 0.2) is 5.71 Å². The quantitative estimate of drug-likeness (QED) is 0.466. The summed E-state index contributed by atoms with van der Waals surface area (Å²) < 4.78 is 31.1. The zero-order valence-electron chi connectivity index (χ0n) is 10.6. The predicted molar refractivity (Wildman–Crippen MR) is 72.9 cm³/mol. The van der Waals surface area contributed by atoms with Crippen LogP contribution in [0.2, 0.25) is 0 Å². The van der Waals surface area contributed by atoms with Crippen LogP contribution in [-0.4, -0.2) is 33.8 Å². The summed E-state index contributed by atoms with van der Waals surface area (Å²) in [6.45, 7) is 0. The molecule has 0 saturated carbocycles. The Hall–Kier alpha value is -1.72. The third kappa shape index (κ3) is 4.46. The van der Waals surface area contributed by atoms with E-state index in [1.807, 2.05) is 6.26 Å². The Kier molecular flexibility index (Phi) is 5.20. The molecule has 0 unspecified atom stereocenters. The Morgan fingerprint density at radius 2 is 2.16 bits per heavy atom. The molecule has 1 aromatic carbocycles. The fraction of sp³-hybridized carbons (Fsp3) is 0.273. The van der Waals surface area contributed by atoms with Crippen molar-refractivity contribution >= 4 is 27.6 Å². The SMILES string of the molecule is COc1cc(/C(C#N)=N/OS(C)(=O)=O)ccc1SC. The molecule has 0 atom stereocenters. The normalized spacial score (nSPS) is 11.8. The first-order chi connectivity index (χ1) is 8.91. The summed E-state index contributed by atoms with van der Waals surface area (Å²) in [6, 6.07) is 6.77. The van der Waals surface area contributed by atoms with Crippen molar-refractivity contribution in [3.8, 4) is 11.8 Å². The maximum Gasteiger partial charge on any atom is 0.325 e. The Bertz CT molecular complexity index is 633. The van der Waals surface area contributed by atoms with E-state index in [0.29, 0.717) is 11.3 Å². The molecule has 8 heteroatoms. The van der Waals surface area contributed by atoms with Gasteiger partial charge in [0.25, 0.3) is 0 Å². The number of rotatable bonds is 5. The lowest BCUT2D eigenvalue weighted by Gasteiger charge is -2.07. The third-order valence-electron chi connectivity index (χ3n) is 2.03. The van der Waals surface area contributed by atoms with Gasteiger partial charge in [0.1, 0.15) is 11.8 Å². The minimum absolute atomic E-state index is 0.142. The van der Waals surface area contributed by atoms with E-state index in [-0.39, 0.29) is 5.71 Å². The van der Waals surface area contributed by atoms with E-state index in [2.05, 4.69) is 9.44 Å². The van der Waals surface area contributed by atoms with Gasteiger partial charge in [-0.2, -0.15) is 13.7 Å². The van der Waals surface area contributed by atoms with Crippen molar-refractivity contribution < 1.29 is 17.4 Å².